The molecule has 2 rings (SSSR count). The highest BCUT2D eigenvalue weighted by atomic mass is 16.5. The van der Waals surface area contributed by atoms with Crippen LogP contribution in [0.2, 0.25) is 0 Å². The molecule has 0 saturated carbocycles. The molecule has 1 fully saturated rings. The average Bonchev–Trinajstić information content (AvgIpc) is 2.53. The molecule has 1 aliphatic heterocycles. The lowest BCUT2D eigenvalue weighted by molar-refractivity contribution is -0.135. The second kappa shape index (κ2) is 7.31. The van der Waals surface area contributed by atoms with Crippen LogP contribution in [0.3, 0.4) is 0 Å². The van der Waals surface area contributed by atoms with Crippen LogP contribution in [0.1, 0.15) is 18.4 Å². The number of amides is 1. The quantitative estimate of drug-likeness (QED) is 0.862. The van der Waals surface area contributed by atoms with E-state index in [4.69, 9.17) is 9.47 Å². The molecule has 1 atom stereocenters. The van der Waals surface area contributed by atoms with Gasteiger partial charge in [-0.2, -0.15) is 0 Å². The van der Waals surface area contributed by atoms with E-state index in [9.17, 15) is 4.79 Å². The number of likely N-dealkylation sites (N-methyl/N-ethyl adjacent to an activating group) is 1. The smallest absolute Gasteiger partial charge is 0.239 e. The Kier molecular flexibility index (Phi) is 5.44. The Balaban J connectivity index is 1.98. The van der Waals surface area contributed by atoms with Crippen LogP contribution in [0.25, 0.3) is 0 Å². The minimum atomic E-state index is -0.0239. The fourth-order valence-electron chi connectivity index (χ4n) is 2.73. The lowest BCUT2D eigenvalue weighted by atomic mass is 10.0. The van der Waals surface area contributed by atoms with Crippen LogP contribution in [-0.2, 0) is 11.2 Å². The Bertz CT molecular complexity index is 490. The Morgan fingerprint density at radius 2 is 2.05 bits per heavy atom. The minimum Gasteiger partial charge on any atom is -0.493 e. The number of piperidine rings is 1. The van der Waals surface area contributed by atoms with Gasteiger partial charge in [0, 0.05) is 13.1 Å². The third kappa shape index (κ3) is 3.67. The van der Waals surface area contributed by atoms with Gasteiger partial charge in [-0.15, -0.1) is 0 Å². The molecule has 21 heavy (non-hydrogen) atoms. The standard InChI is InChI=1S/C16H24N2O3/c1-17-13-5-4-9-18(16(13)19)10-8-12-6-7-14(20-2)15(11-12)21-3/h6-7,11,13,17H,4-5,8-10H2,1-3H3. The third-order valence-electron chi connectivity index (χ3n) is 4.00. The van der Waals surface area contributed by atoms with Gasteiger partial charge < -0.3 is 19.7 Å². The highest BCUT2D eigenvalue weighted by Gasteiger charge is 2.26. The molecule has 5 heteroatoms. The number of nitrogens with one attached hydrogen (secondary N) is 1. The summed E-state index contributed by atoms with van der Waals surface area (Å²) in [5, 5.41) is 3.09. The van der Waals surface area contributed by atoms with Crippen molar-refractivity contribution in [3.05, 3.63) is 23.8 Å². The van der Waals surface area contributed by atoms with E-state index in [0.717, 1.165) is 49.4 Å². The minimum absolute atomic E-state index is 0.0239. The number of methoxy groups -OCH3 is 2. The maximum Gasteiger partial charge on any atom is 0.239 e. The maximum atomic E-state index is 12.2. The molecule has 5 nitrogen and oxygen atoms in total. The second-order valence-corrected chi connectivity index (χ2v) is 5.25. The van der Waals surface area contributed by atoms with Crippen molar-refractivity contribution < 1.29 is 14.3 Å². The largest absolute Gasteiger partial charge is 0.493 e. The van der Waals surface area contributed by atoms with E-state index in [1.807, 2.05) is 30.1 Å². The van der Waals surface area contributed by atoms with Gasteiger partial charge in [-0.25, -0.2) is 0 Å². The molecule has 1 amide bonds. The molecule has 1 heterocycles. The SMILES string of the molecule is CNC1CCCN(CCc2ccc(OC)c(OC)c2)C1=O. The van der Waals surface area contributed by atoms with Crippen molar-refractivity contribution in [1.29, 1.82) is 0 Å². The first-order valence-corrected chi connectivity index (χ1v) is 7.36. The first kappa shape index (κ1) is 15.6. The first-order chi connectivity index (χ1) is 10.2. The fraction of sp³-hybridized carbons (Fsp3) is 0.562. The summed E-state index contributed by atoms with van der Waals surface area (Å²) in [6, 6.07) is 5.88. The van der Waals surface area contributed by atoms with Gasteiger partial charge in [-0.3, -0.25) is 4.79 Å². The summed E-state index contributed by atoms with van der Waals surface area (Å²) in [6.07, 6.45) is 2.81. The highest BCUT2D eigenvalue weighted by molar-refractivity contribution is 5.82. The fourth-order valence-corrected chi connectivity index (χ4v) is 2.73. The number of carbonyl (C=O) groups excluding carboxylic acids is 1. The van der Waals surface area contributed by atoms with Gasteiger partial charge in [0.1, 0.15) is 0 Å². The van der Waals surface area contributed by atoms with E-state index in [-0.39, 0.29) is 11.9 Å². The van der Waals surface area contributed by atoms with E-state index in [1.165, 1.54) is 0 Å². The monoisotopic (exact) mass is 292 g/mol. The molecule has 1 aliphatic rings. The summed E-state index contributed by atoms with van der Waals surface area (Å²) in [5.41, 5.74) is 1.15. The summed E-state index contributed by atoms with van der Waals surface area (Å²) in [7, 11) is 5.11. The van der Waals surface area contributed by atoms with Gasteiger partial charge in [-0.1, -0.05) is 6.07 Å². The average molecular weight is 292 g/mol. The van der Waals surface area contributed by atoms with Crippen LogP contribution in [0, 0.1) is 0 Å². The number of benzene rings is 1. The summed E-state index contributed by atoms with van der Waals surface area (Å²) in [6.45, 7) is 1.59. The van der Waals surface area contributed by atoms with Gasteiger partial charge in [0.25, 0.3) is 0 Å². The molecule has 1 N–H and O–H groups in total. The lowest BCUT2D eigenvalue weighted by Gasteiger charge is -2.32. The Labute approximate surface area is 126 Å². The predicted octanol–water partition coefficient (Wildman–Crippen LogP) is 1.46. The summed E-state index contributed by atoms with van der Waals surface area (Å²) in [4.78, 5) is 14.2. The Hall–Kier alpha value is -1.75. The van der Waals surface area contributed by atoms with Crippen LogP contribution in [0.4, 0.5) is 0 Å². The molecule has 1 unspecified atom stereocenters. The molecule has 0 spiro atoms. The zero-order valence-electron chi connectivity index (χ0n) is 13.0. The predicted molar refractivity (Wildman–Crippen MR) is 81.9 cm³/mol. The van der Waals surface area contributed by atoms with Gasteiger partial charge in [0.2, 0.25) is 5.91 Å². The topological polar surface area (TPSA) is 50.8 Å². The van der Waals surface area contributed by atoms with E-state index in [1.54, 1.807) is 14.2 Å². The van der Waals surface area contributed by atoms with Crippen molar-refractivity contribution in [3.8, 4) is 11.5 Å². The van der Waals surface area contributed by atoms with Crippen LogP contribution >= 0.6 is 0 Å². The summed E-state index contributed by atoms with van der Waals surface area (Å²) < 4.78 is 10.5. The molecule has 0 radical (unpaired) electrons. The van der Waals surface area contributed by atoms with Crippen molar-refractivity contribution in [1.82, 2.24) is 10.2 Å². The van der Waals surface area contributed by atoms with E-state index < -0.39 is 0 Å². The van der Waals surface area contributed by atoms with Crippen LogP contribution < -0.4 is 14.8 Å². The summed E-state index contributed by atoms with van der Waals surface area (Å²) in [5.74, 6) is 1.67. The molecule has 1 aromatic rings. The van der Waals surface area contributed by atoms with Gasteiger partial charge in [0.05, 0.1) is 20.3 Å². The van der Waals surface area contributed by atoms with Crippen LogP contribution in [0.15, 0.2) is 18.2 Å². The number of hydrogen-bond donors (Lipinski definition) is 1. The van der Waals surface area contributed by atoms with Gasteiger partial charge >= 0.3 is 0 Å². The summed E-state index contributed by atoms with van der Waals surface area (Å²) >= 11 is 0. The number of hydrogen-bond acceptors (Lipinski definition) is 4. The second-order valence-electron chi connectivity index (χ2n) is 5.25. The van der Waals surface area contributed by atoms with E-state index in [0.29, 0.717) is 0 Å². The Morgan fingerprint density at radius 1 is 1.29 bits per heavy atom. The molecular weight excluding hydrogens is 268 g/mol. The molecule has 0 aliphatic carbocycles. The van der Waals surface area contributed by atoms with Crippen LogP contribution in [-0.4, -0.2) is 51.2 Å². The first-order valence-electron chi connectivity index (χ1n) is 7.36. The van der Waals surface area contributed by atoms with Crippen molar-refractivity contribution in [2.24, 2.45) is 0 Å². The zero-order valence-corrected chi connectivity index (χ0v) is 13.0. The van der Waals surface area contributed by atoms with Crippen molar-refractivity contribution in [2.45, 2.75) is 25.3 Å². The van der Waals surface area contributed by atoms with Gasteiger partial charge in [-0.05, 0) is 44.0 Å². The highest BCUT2D eigenvalue weighted by Crippen LogP contribution is 2.27. The molecular formula is C16H24N2O3. The number of nitrogens with zero attached hydrogens (tertiary/aromatic N) is 1. The third-order valence-corrected chi connectivity index (χ3v) is 4.00. The van der Waals surface area contributed by atoms with Crippen molar-refractivity contribution >= 4 is 5.91 Å². The number of carbonyl (C=O) groups is 1. The normalized spacial score (nSPS) is 18.7. The number of ether oxygens (including phenoxy) is 2. The molecule has 1 aromatic carbocycles. The van der Waals surface area contributed by atoms with E-state index >= 15 is 0 Å². The van der Waals surface area contributed by atoms with Crippen molar-refractivity contribution in [3.63, 3.8) is 0 Å². The molecule has 0 aromatic heterocycles. The molecule has 116 valence electrons. The van der Waals surface area contributed by atoms with Crippen molar-refractivity contribution in [2.75, 3.05) is 34.4 Å². The lowest BCUT2D eigenvalue weighted by Crippen LogP contribution is -2.50. The molecule has 0 bridgehead atoms. The van der Waals surface area contributed by atoms with Crippen LogP contribution in [0.5, 0.6) is 11.5 Å². The number of rotatable bonds is 6. The maximum absolute atomic E-state index is 12.2. The number of likely N-dealkylation sites (tertiary alicyclic amines) is 1. The van der Waals surface area contributed by atoms with E-state index in [2.05, 4.69) is 5.32 Å². The Morgan fingerprint density at radius 3 is 2.71 bits per heavy atom. The zero-order chi connectivity index (χ0) is 15.2. The molecule has 1 saturated heterocycles. The van der Waals surface area contributed by atoms with Gasteiger partial charge in [0.15, 0.2) is 11.5 Å².